The maximum atomic E-state index is 14.5. The molecule has 1 unspecified atom stereocenters. The van der Waals surface area contributed by atoms with Crippen molar-refractivity contribution < 1.29 is 36.6 Å². The Bertz CT molecular complexity index is 1520. The molecule has 0 radical (unpaired) electrons. The molecule has 216 valence electrons. The SMILES string of the molecule is O=C(NCc1cc(O)ccc1F)c1cn(CCC(F)Cn2cc(C(=O)NCc3cccc(C(F)(F)F)n3)nn2)nn1. The van der Waals surface area contributed by atoms with Gasteiger partial charge in [0.05, 0.1) is 31.2 Å². The Hall–Kier alpha value is -4.96. The predicted octanol–water partition coefficient (Wildman–Crippen LogP) is 2.42. The number of hydrogen-bond acceptors (Lipinski definition) is 8. The first kappa shape index (κ1) is 29.0. The molecule has 3 heterocycles. The summed E-state index contributed by atoms with van der Waals surface area (Å²) in [5.74, 6) is -2.13. The number of carbonyl (C=O) groups excluding carboxylic acids is 2. The van der Waals surface area contributed by atoms with E-state index in [0.29, 0.717) is 0 Å². The summed E-state index contributed by atoms with van der Waals surface area (Å²) in [5, 5.41) is 29.1. The fraction of sp³-hybridized carbons (Fsp3) is 0.292. The number of nitrogens with zero attached hydrogens (tertiary/aromatic N) is 7. The van der Waals surface area contributed by atoms with Crippen LogP contribution in [0.4, 0.5) is 22.0 Å². The van der Waals surface area contributed by atoms with Crippen molar-refractivity contribution in [3.05, 3.63) is 82.9 Å². The Morgan fingerprint density at radius 1 is 0.951 bits per heavy atom. The van der Waals surface area contributed by atoms with Gasteiger partial charge in [-0.1, -0.05) is 16.5 Å². The van der Waals surface area contributed by atoms with E-state index in [4.69, 9.17) is 0 Å². The zero-order valence-corrected chi connectivity index (χ0v) is 21.0. The highest BCUT2D eigenvalue weighted by molar-refractivity contribution is 5.92. The van der Waals surface area contributed by atoms with E-state index in [1.54, 1.807) is 0 Å². The highest BCUT2D eigenvalue weighted by Crippen LogP contribution is 2.27. The van der Waals surface area contributed by atoms with Crippen molar-refractivity contribution in [1.82, 2.24) is 45.6 Å². The Morgan fingerprint density at radius 3 is 2.32 bits per heavy atom. The summed E-state index contributed by atoms with van der Waals surface area (Å²) < 4.78 is 69.0. The van der Waals surface area contributed by atoms with Gasteiger partial charge in [0.15, 0.2) is 11.4 Å². The van der Waals surface area contributed by atoms with E-state index in [1.807, 2.05) is 0 Å². The van der Waals surface area contributed by atoms with Crippen molar-refractivity contribution in [2.45, 2.75) is 44.9 Å². The average Bonchev–Trinajstić information content (AvgIpc) is 3.61. The lowest BCUT2D eigenvalue weighted by molar-refractivity contribution is -0.141. The van der Waals surface area contributed by atoms with Crippen molar-refractivity contribution in [3.63, 3.8) is 0 Å². The Balaban J connectivity index is 1.22. The third kappa shape index (κ3) is 8.02. The number of phenolic OH excluding ortho intramolecular Hbond substituents is 1. The van der Waals surface area contributed by atoms with E-state index in [9.17, 15) is 36.6 Å². The second-order valence-corrected chi connectivity index (χ2v) is 8.73. The van der Waals surface area contributed by atoms with Crippen molar-refractivity contribution in [1.29, 1.82) is 0 Å². The number of aromatic nitrogens is 7. The monoisotopic (exact) mass is 579 g/mol. The first-order valence-electron chi connectivity index (χ1n) is 12.0. The van der Waals surface area contributed by atoms with Crippen LogP contribution < -0.4 is 10.6 Å². The number of halogens is 5. The third-order valence-corrected chi connectivity index (χ3v) is 5.60. The normalized spacial score (nSPS) is 12.2. The Morgan fingerprint density at radius 2 is 1.61 bits per heavy atom. The molecule has 2 amide bonds. The second-order valence-electron chi connectivity index (χ2n) is 8.73. The van der Waals surface area contributed by atoms with Gasteiger partial charge in [0.1, 0.15) is 23.4 Å². The van der Waals surface area contributed by atoms with Crippen LogP contribution in [0.15, 0.2) is 48.8 Å². The van der Waals surface area contributed by atoms with Crippen LogP contribution in [-0.4, -0.2) is 58.1 Å². The number of aromatic hydroxyl groups is 1. The smallest absolute Gasteiger partial charge is 0.433 e. The lowest BCUT2D eigenvalue weighted by Crippen LogP contribution is -2.24. The molecule has 3 aromatic heterocycles. The van der Waals surface area contributed by atoms with Crippen molar-refractivity contribution >= 4 is 11.8 Å². The van der Waals surface area contributed by atoms with Crippen LogP contribution in [0, 0.1) is 5.82 Å². The van der Waals surface area contributed by atoms with E-state index in [-0.39, 0.29) is 61.0 Å². The molecule has 41 heavy (non-hydrogen) atoms. The predicted molar refractivity (Wildman–Crippen MR) is 129 cm³/mol. The summed E-state index contributed by atoms with van der Waals surface area (Å²) in [7, 11) is 0. The minimum atomic E-state index is -4.62. The van der Waals surface area contributed by atoms with Gasteiger partial charge in [0, 0.05) is 25.1 Å². The minimum absolute atomic E-state index is 0.0106. The molecule has 1 atom stereocenters. The van der Waals surface area contributed by atoms with Crippen molar-refractivity contribution in [2.24, 2.45) is 0 Å². The van der Waals surface area contributed by atoms with E-state index in [0.717, 1.165) is 16.8 Å². The molecule has 0 saturated heterocycles. The summed E-state index contributed by atoms with van der Waals surface area (Å²) in [6.07, 6.45) is -3.64. The van der Waals surface area contributed by atoms with Crippen LogP contribution in [0.2, 0.25) is 0 Å². The van der Waals surface area contributed by atoms with Crippen molar-refractivity contribution in [3.8, 4) is 5.75 Å². The molecule has 0 aliphatic heterocycles. The molecule has 0 fully saturated rings. The molecular formula is C24H22F5N9O3. The van der Waals surface area contributed by atoms with Crippen LogP contribution >= 0.6 is 0 Å². The van der Waals surface area contributed by atoms with Gasteiger partial charge in [0.2, 0.25) is 0 Å². The second kappa shape index (κ2) is 12.5. The zero-order chi connectivity index (χ0) is 29.6. The molecule has 1 aromatic carbocycles. The zero-order valence-electron chi connectivity index (χ0n) is 21.0. The van der Waals surface area contributed by atoms with Gasteiger partial charge in [-0.05, 0) is 30.3 Å². The summed E-state index contributed by atoms with van der Waals surface area (Å²) in [5.41, 5.74) is -1.26. The molecule has 0 aliphatic rings. The van der Waals surface area contributed by atoms with Gasteiger partial charge >= 0.3 is 6.18 Å². The van der Waals surface area contributed by atoms with Crippen LogP contribution in [0.5, 0.6) is 5.75 Å². The summed E-state index contributed by atoms with van der Waals surface area (Å²) in [6, 6.07) is 6.73. The number of hydrogen-bond donors (Lipinski definition) is 3. The Labute approximate surface area is 228 Å². The van der Waals surface area contributed by atoms with E-state index < -0.39 is 35.7 Å². The highest BCUT2D eigenvalue weighted by Gasteiger charge is 2.32. The van der Waals surface area contributed by atoms with Crippen LogP contribution in [0.1, 0.15) is 44.3 Å². The minimum Gasteiger partial charge on any atom is -0.508 e. The molecule has 0 aliphatic carbocycles. The number of nitrogens with one attached hydrogen (secondary N) is 2. The standard InChI is InChI=1S/C24H22F5N9O3/c25-15(6-7-37-12-19(33-35-37)22(40)30-9-14-8-17(39)4-5-18(14)26)11-38-13-20(34-36-38)23(41)31-10-16-2-1-3-21(32-16)24(27,28)29/h1-5,8,12-13,15,39H,6-7,9-11H2,(H,30,40)(H,31,41). The highest BCUT2D eigenvalue weighted by atomic mass is 19.4. The van der Waals surface area contributed by atoms with Gasteiger partial charge in [-0.3, -0.25) is 14.3 Å². The molecule has 3 N–H and O–H groups in total. The molecule has 12 nitrogen and oxygen atoms in total. The molecule has 0 saturated carbocycles. The third-order valence-electron chi connectivity index (χ3n) is 5.60. The first-order chi connectivity index (χ1) is 19.5. The molecule has 0 spiro atoms. The fourth-order valence-electron chi connectivity index (χ4n) is 3.53. The largest absolute Gasteiger partial charge is 0.508 e. The molecule has 4 rings (SSSR count). The summed E-state index contributed by atoms with van der Waals surface area (Å²) in [6.45, 7) is -0.688. The number of aryl methyl sites for hydroxylation is 1. The van der Waals surface area contributed by atoms with E-state index in [1.165, 1.54) is 41.3 Å². The molecule has 17 heteroatoms. The topological polar surface area (TPSA) is 153 Å². The van der Waals surface area contributed by atoms with Gasteiger partial charge in [-0.2, -0.15) is 13.2 Å². The maximum Gasteiger partial charge on any atom is 0.433 e. The summed E-state index contributed by atoms with van der Waals surface area (Å²) >= 11 is 0. The lowest BCUT2D eigenvalue weighted by atomic mass is 10.2. The Kier molecular flexibility index (Phi) is 8.84. The number of benzene rings is 1. The van der Waals surface area contributed by atoms with Gasteiger partial charge in [-0.15, -0.1) is 10.2 Å². The first-order valence-corrected chi connectivity index (χ1v) is 12.0. The fourth-order valence-corrected chi connectivity index (χ4v) is 3.53. The van der Waals surface area contributed by atoms with E-state index in [2.05, 4.69) is 36.2 Å². The average molecular weight is 579 g/mol. The van der Waals surface area contributed by atoms with E-state index >= 15 is 0 Å². The number of phenols is 1. The number of amides is 2. The van der Waals surface area contributed by atoms with Gasteiger partial charge in [0.25, 0.3) is 11.8 Å². The number of carbonyl (C=O) groups is 2. The van der Waals surface area contributed by atoms with Gasteiger partial charge in [-0.25, -0.2) is 18.4 Å². The molecule has 4 aromatic rings. The maximum absolute atomic E-state index is 14.5. The van der Waals surface area contributed by atoms with Crippen LogP contribution in [0.25, 0.3) is 0 Å². The number of rotatable bonds is 11. The van der Waals surface area contributed by atoms with Crippen molar-refractivity contribution in [2.75, 3.05) is 0 Å². The van der Waals surface area contributed by atoms with Crippen LogP contribution in [-0.2, 0) is 32.4 Å². The number of alkyl halides is 4. The number of pyridine rings is 1. The molecule has 0 bridgehead atoms. The molecular weight excluding hydrogens is 557 g/mol. The lowest BCUT2D eigenvalue weighted by Gasteiger charge is -2.08. The quantitative estimate of drug-likeness (QED) is 0.229. The van der Waals surface area contributed by atoms with Crippen LogP contribution in [0.3, 0.4) is 0 Å². The van der Waals surface area contributed by atoms with Gasteiger partial charge < -0.3 is 15.7 Å². The summed E-state index contributed by atoms with van der Waals surface area (Å²) in [4.78, 5) is 28.0.